The molecule has 4 aromatic rings. The highest BCUT2D eigenvalue weighted by Crippen LogP contribution is 2.35. The second-order valence-electron chi connectivity index (χ2n) is 6.59. The van der Waals surface area contributed by atoms with E-state index in [2.05, 4.69) is 4.98 Å². The Bertz CT molecular complexity index is 1150. The first-order chi connectivity index (χ1) is 15.0. The number of amides is 1. The Morgan fingerprint density at radius 1 is 1.06 bits per heavy atom. The van der Waals surface area contributed by atoms with Crippen molar-refractivity contribution in [1.82, 2.24) is 4.98 Å². The van der Waals surface area contributed by atoms with Crippen LogP contribution in [0.5, 0.6) is 5.75 Å². The number of aromatic nitrogens is 1. The summed E-state index contributed by atoms with van der Waals surface area (Å²) in [6, 6.07) is 21.5. The zero-order chi connectivity index (χ0) is 21.8. The van der Waals surface area contributed by atoms with E-state index in [9.17, 15) is 13.6 Å². The van der Waals surface area contributed by atoms with Gasteiger partial charge in [-0.15, -0.1) is 0 Å². The third-order valence-corrected chi connectivity index (χ3v) is 6.30. The van der Waals surface area contributed by atoms with Crippen molar-refractivity contribution < 1.29 is 18.3 Å². The minimum atomic E-state index is -2.50. The van der Waals surface area contributed by atoms with E-state index < -0.39 is 5.76 Å². The Morgan fingerprint density at radius 3 is 2.42 bits per heavy atom. The number of thiazole rings is 1. The van der Waals surface area contributed by atoms with Gasteiger partial charge in [0.1, 0.15) is 5.75 Å². The number of hydrogen-bond acceptors (Lipinski definition) is 5. The van der Waals surface area contributed by atoms with Crippen molar-refractivity contribution in [2.24, 2.45) is 0 Å². The smallest absolute Gasteiger partial charge is 0.288 e. The second kappa shape index (κ2) is 9.45. The normalized spacial score (nSPS) is 11.1. The van der Waals surface area contributed by atoms with Crippen molar-refractivity contribution >= 4 is 50.0 Å². The zero-order valence-corrected chi connectivity index (χ0v) is 18.1. The SMILES string of the molecule is COc1ccc(CC(=O)N(c2ccc(SC(F)F)cc2)c2nc3ccccc3s2)cc1. The number of alkyl halides is 2. The molecular weight excluding hydrogens is 438 g/mol. The summed E-state index contributed by atoms with van der Waals surface area (Å²) in [5.74, 6) is -1.95. The van der Waals surface area contributed by atoms with Gasteiger partial charge in [-0.1, -0.05) is 47.4 Å². The quantitative estimate of drug-likeness (QED) is 0.297. The Labute approximate surface area is 186 Å². The number of hydrogen-bond donors (Lipinski definition) is 0. The molecule has 1 amide bonds. The van der Waals surface area contributed by atoms with E-state index >= 15 is 0 Å². The molecule has 0 radical (unpaired) electrons. The van der Waals surface area contributed by atoms with Crippen LogP contribution in [0.25, 0.3) is 10.2 Å². The van der Waals surface area contributed by atoms with E-state index in [1.807, 2.05) is 36.4 Å². The topological polar surface area (TPSA) is 42.4 Å². The fraction of sp³-hybridized carbons (Fsp3) is 0.130. The first-order valence-corrected chi connectivity index (χ1v) is 11.1. The fourth-order valence-electron chi connectivity index (χ4n) is 3.09. The fourth-order valence-corrected chi connectivity index (χ4v) is 4.59. The van der Waals surface area contributed by atoms with E-state index in [0.717, 1.165) is 15.8 Å². The average Bonchev–Trinajstić information content (AvgIpc) is 3.19. The second-order valence-corrected chi connectivity index (χ2v) is 8.66. The maximum absolute atomic E-state index is 13.3. The lowest BCUT2D eigenvalue weighted by Crippen LogP contribution is -2.27. The van der Waals surface area contributed by atoms with Crippen LogP contribution in [0.15, 0.2) is 77.7 Å². The minimum absolute atomic E-state index is 0.160. The first kappa shape index (κ1) is 21.3. The highest BCUT2D eigenvalue weighted by molar-refractivity contribution is 7.99. The summed E-state index contributed by atoms with van der Waals surface area (Å²) >= 11 is 1.88. The molecular formula is C23H18F2N2O2S2. The van der Waals surface area contributed by atoms with Gasteiger partial charge in [-0.05, 0) is 54.1 Å². The Balaban J connectivity index is 1.68. The number of rotatable bonds is 7. The number of nitrogens with zero attached hydrogens (tertiary/aromatic N) is 2. The van der Waals surface area contributed by atoms with Crippen LogP contribution in [-0.4, -0.2) is 23.8 Å². The van der Waals surface area contributed by atoms with E-state index in [-0.39, 0.29) is 12.3 Å². The van der Waals surface area contributed by atoms with Crippen LogP contribution >= 0.6 is 23.1 Å². The van der Waals surface area contributed by atoms with Crippen molar-refractivity contribution in [3.63, 3.8) is 0 Å². The Hall–Kier alpha value is -2.97. The number of halogens is 2. The lowest BCUT2D eigenvalue weighted by Gasteiger charge is -2.20. The van der Waals surface area contributed by atoms with Crippen LogP contribution in [0.1, 0.15) is 5.56 Å². The Morgan fingerprint density at radius 2 is 1.77 bits per heavy atom. The summed E-state index contributed by atoms with van der Waals surface area (Å²) in [6.07, 6.45) is 0.160. The van der Waals surface area contributed by atoms with Crippen molar-refractivity contribution in [3.05, 3.63) is 78.4 Å². The van der Waals surface area contributed by atoms with Gasteiger partial charge in [0, 0.05) is 4.90 Å². The van der Waals surface area contributed by atoms with Crippen LogP contribution in [0.4, 0.5) is 19.6 Å². The van der Waals surface area contributed by atoms with Gasteiger partial charge in [-0.2, -0.15) is 8.78 Å². The molecule has 0 saturated heterocycles. The van der Waals surface area contributed by atoms with Gasteiger partial charge in [0.25, 0.3) is 5.76 Å². The van der Waals surface area contributed by atoms with Crippen LogP contribution in [0, 0.1) is 0 Å². The van der Waals surface area contributed by atoms with Crippen molar-refractivity contribution in [2.75, 3.05) is 12.0 Å². The number of carbonyl (C=O) groups is 1. The number of fused-ring (bicyclic) bond motifs is 1. The van der Waals surface area contributed by atoms with Gasteiger partial charge in [-0.25, -0.2) is 4.98 Å². The van der Waals surface area contributed by atoms with E-state index in [1.165, 1.54) is 11.3 Å². The third kappa shape index (κ3) is 5.03. The van der Waals surface area contributed by atoms with Crippen molar-refractivity contribution in [3.8, 4) is 5.75 Å². The molecule has 4 nitrogen and oxygen atoms in total. The van der Waals surface area contributed by atoms with E-state index in [1.54, 1.807) is 48.4 Å². The van der Waals surface area contributed by atoms with Gasteiger partial charge >= 0.3 is 0 Å². The number of benzene rings is 3. The van der Waals surface area contributed by atoms with Crippen molar-refractivity contribution in [2.45, 2.75) is 17.1 Å². The van der Waals surface area contributed by atoms with Gasteiger partial charge in [0.05, 0.1) is 29.4 Å². The summed E-state index contributed by atoms with van der Waals surface area (Å²) in [7, 11) is 1.59. The number of thioether (sulfide) groups is 1. The van der Waals surface area contributed by atoms with E-state index in [0.29, 0.717) is 33.2 Å². The Kier molecular flexibility index (Phi) is 6.48. The zero-order valence-electron chi connectivity index (χ0n) is 16.5. The molecule has 0 aliphatic heterocycles. The number of para-hydroxylation sites is 1. The summed E-state index contributed by atoms with van der Waals surface area (Å²) in [6.45, 7) is 0. The number of carbonyl (C=O) groups excluding carboxylic acids is 1. The average molecular weight is 457 g/mol. The molecule has 8 heteroatoms. The molecule has 4 rings (SSSR count). The standard InChI is InChI=1S/C23H18F2N2O2S2/c1-29-17-10-6-15(7-11-17)14-21(28)27(16-8-12-18(13-9-16)30-22(24)25)23-26-19-4-2-3-5-20(19)31-23/h2-13,22H,14H2,1H3. The highest BCUT2D eigenvalue weighted by atomic mass is 32.2. The molecule has 0 aliphatic rings. The third-order valence-electron chi connectivity index (χ3n) is 4.56. The maximum Gasteiger partial charge on any atom is 0.288 e. The summed E-state index contributed by atoms with van der Waals surface area (Å²) in [5.41, 5.74) is 2.22. The molecule has 0 aliphatic carbocycles. The predicted molar refractivity (Wildman–Crippen MR) is 122 cm³/mol. The van der Waals surface area contributed by atoms with Gasteiger partial charge in [0.15, 0.2) is 5.13 Å². The monoisotopic (exact) mass is 456 g/mol. The van der Waals surface area contributed by atoms with E-state index in [4.69, 9.17) is 4.74 Å². The largest absolute Gasteiger partial charge is 0.497 e. The molecule has 0 saturated carbocycles. The molecule has 3 aromatic carbocycles. The maximum atomic E-state index is 13.3. The molecule has 0 unspecified atom stereocenters. The minimum Gasteiger partial charge on any atom is -0.497 e. The molecule has 1 aromatic heterocycles. The van der Waals surface area contributed by atoms with Gasteiger partial charge in [-0.3, -0.25) is 9.69 Å². The summed E-state index contributed by atoms with van der Waals surface area (Å²) < 4.78 is 31.5. The van der Waals surface area contributed by atoms with Crippen LogP contribution in [-0.2, 0) is 11.2 Å². The first-order valence-electron chi connectivity index (χ1n) is 9.40. The molecule has 0 N–H and O–H groups in total. The van der Waals surface area contributed by atoms with Gasteiger partial charge in [0.2, 0.25) is 5.91 Å². The molecule has 0 spiro atoms. The van der Waals surface area contributed by atoms with Crippen LogP contribution < -0.4 is 9.64 Å². The molecule has 0 fully saturated rings. The summed E-state index contributed by atoms with van der Waals surface area (Å²) in [5, 5.41) is 0.536. The molecule has 1 heterocycles. The lowest BCUT2D eigenvalue weighted by atomic mass is 10.1. The predicted octanol–water partition coefficient (Wildman–Crippen LogP) is 6.53. The highest BCUT2D eigenvalue weighted by Gasteiger charge is 2.22. The lowest BCUT2D eigenvalue weighted by molar-refractivity contribution is -0.117. The number of ether oxygens (including phenoxy) is 1. The molecule has 0 atom stereocenters. The molecule has 158 valence electrons. The molecule has 0 bridgehead atoms. The number of methoxy groups -OCH3 is 1. The summed E-state index contributed by atoms with van der Waals surface area (Å²) in [4.78, 5) is 20.0. The molecule has 31 heavy (non-hydrogen) atoms. The van der Waals surface area contributed by atoms with Crippen LogP contribution in [0.2, 0.25) is 0 Å². The number of anilines is 2. The van der Waals surface area contributed by atoms with Gasteiger partial charge < -0.3 is 4.74 Å². The van der Waals surface area contributed by atoms with Crippen molar-refractivity contribution in [1.29, 1.82) is 0 Å². The van der Waals surface area contributed by atoms with Crippen LogP contribution in [0.3, 0.4) is 0 Å².